The lowest BCUT2D eigenvalue weighted by Crippen LogP contribution is -2.62. The summed E-state index contributed by atoms with van der Waals surface area (Å²) in [4.78, 5) is 261. The smallest absolute Gasteiger partial charge is 0.246 e. The van der Waals surface area contributed by atoms with Crippen molar-refractivity contribution in [3.05, 3.63) is 144 Å². The lowest BCUT2D eigenvalue weighted by molar-refractivity contribution is -0.149. The number of benzene rings is 3. The van der Waals surface area contributed by atoms with Gasteiger partial charge < -0.3 is 125 Å². The summed E-state index contributed by atoms with van der Waals surface area (Å²) < 4.78 is 6.25. The van der Waals surface area contributed by atoms with E-state index in [0.717, 1.165) is 21.6 Å². The SMILES string of the molecule is CCCC[C@H]1C(=O)N(C)[C@@H](CCCC)C(=O)N[C@@H](CC(C)C)C2OC2N[C@H](C(=O)NCC(N)=O)CSCC(=O)N[C@@H](Cc2ccccc2)C(=O)N(C)[C@@H](C)C(=O)N[C@@H](CC(N)=O)C(=O)N2CCC[C@H]2C(=O)N[C@@H](Cc2c[nH]cn2)C(=O)N[C@@H](Cc2c[nH]cn2)C(=O)N[C@@H](CO)C(=O)N[C@@H](Cc2c[nH]c3ccccc23)C(=O)N[C@@H](CCCNC(=N)N)C(=O)N[C@@H](Cc2c[nH]c3ccccc23)C(=O)N1C. The van der Waals surface area contributed by atoms with Crippen LogP contribution in [-0.2, 0) is 114 Å². The van der Waals surface area contributed by atoms with E-state index in [1.807, 2.05) is 45.9 Å². The number of nitrogens with one attached hydrogen (secondary N) is 17. The Kier molecular flexibility index (Phi) is 39.6. The third-order valence-electron chi connectivity index (χ3n) is 24.7. The molecule has 0 radical (unpaired) electrons. The van der Waals surface area contributed by atoms with E-state index in [4.69, 9.17) is 27.3 Å². The zero-order chi connectivity index (χ0) is 100.0. The van der Waals surface area contributed by atoms with Crippen molar-refractivity contribution in [3.8, 4) is 0 Å². The Balaban J connectivity index is 1.02. The number of rotatable bonds is 28. The number of imidazole rings is 2. The van der Waals surface area contributed by atoms with E-state index in [9.17, 15) is 43.5 Å². The number of thioether (sulfide) groups is 1. The normalized spacial score (nSPS) is 24.9. The lowest BCUT2D eigenvalue weighted by atomic mass is 9.98. The van der Waals surface area contributed by atoms with Crippen LogP contribution in [0.3, 0.4) is 0 Å². The van der Waals surface area contributed by atoms with Crippen LogP contribution in [0.2, 0.25) is 0 Å². The molecule has 3 aliphatic rings. The highest BCUT2D eigenvalue weighted by molar-refractivity contribution is 8.00. The summed E-state index contributed by atoms with van der Waals surface area (Å²) in [5, 5.41) is 53.6. The van der Waals surface area contributed by atoms with E-state index in [-0.39, 0.29) is 106 Å². The molecule has 0 spiro atoms. The number of aromatic nitrogens is 6. The van der Waals surface area contributed by atoms with Crippen molar-refractivity contribution in [2.45, 2.75) is 241 Å². The molecule has 2 unspecified atom stereocenters. The molecule has 24 N–H and O–H groups in total. The number of guanidine groups is 1. The number of hydrogen-bond donors (Lipinski definition) is 21. The Labute approximate surface area is 802 Å². The van der Waals surface area contributed by atoms with Crippen LogP contribution in [0.1, 0.15) is 140 Å². The Morgan fingerprint density at radius 2 is 1.06 bits per heavy atom. The van der Waals surface area contributed by atoms with E-state index in [0.29, 0.717) is 70.6 Å². The third-order valence-corrected chi connectivity index (χ3v) is 25.7. The van der Waals surface area contributed by atoms with Gasteiger partial charge in [0.1, 0.15) is 84.8 Å². The Hall–Kier alpha value is -13.8. The first-order valence-corrected chi connectivity index (χ1v) is 47.6. The zero-order valence-corrected chi connectivity index (χ0v) is 79.6. The van der Waals surface area contributed by atoms with Crippen LogP contribution in [0, 0.1) is 11.3 Å². The number of fused-ring (bicyclic) bond motifs is 4. The van der Waals surface area contributed by atoms with Crippen LogP contribution in [0.25, 0.3) is 21.8 Å². The molecular weight excluding hydrogens is 1800 g/mol. The van der Waals surface area contributed by atoms with Crippen molar-refractivity contribution >= 4 is 134 Å². The highest BCUT2D eigenvalue weighted by atomic mass is 32.2. The quantitative estimate of drug-likeness (QED) is 0.0110. The summed E-state index contributed by atoms with van der Waals surface area (Å²) in [7, 11) is 4.19. The molecule has 10 rings (SSSR count). The molecule has 3 saturated heterocycles. The average molecular weight is 1930 g/mol. The maximum atomic E-state index is 16.0. The van der Waals surface area contributed by atoms with Gasteiger partial charge in [-0.05, 0) is 86.6 Å². The number of para-hydroxylation sites is 2. The Morgan fingerprint density at radius 3 is 1.62 bits per heavy atom. The number of aromatic amines is 4. The number of amides is 16. The summed E-state index contributed by atoms with van der Waals surface area (Å²) >= 11 is 0.965. The van der Waals surface area contributed by atoms with Crippen LogP contribution in [0.5, 0.6) is 0 Å². The topological polar surface area (TPSA) is 654 Å². The van der Waals surface area contributed by atoms with Crippen LogP contribution in [0.15, 0.2) is 116 Å². The minimum absolute atomic E-state index is 0.00243. The summed E-state index contributed by atoms with van der Waals surface area (Å²) in [5.41, 5.74) is 20.3. The molecule has 3 aliphatic heterocycles. The van der Waals surface area contributed by atoms with Crippen molar-refractivity contribution in [2.24, 2.45) is 23.1 Å². The number of carbonyl (C=O) groups is 16. The molecule has 7 heterocycles. The number of primary amides is 2. The first-order chi connectivity index (χ1) is 66.0. The summed E-state index contributed by atoms with van der Waals surface area (Å²) in [6, 6.07) is 2.56. The van der Waals surface area contributed by atoms with E-state index < -0.39 is 223 Å². The Morgan fingerprint density at radius 1 is 0.543 bits per heavy atom. The van der Waals surface area contributed by atoms with Gasteiger partial charge in [0.25, 0.3) is 0 Å². The average Bonchev–Trinajstić information content (AvgIpc) is 1.59. The second-order valence-electron chi connectivity index (χ2n) is 35.4. The van der Waals surface area contributed by atoms with E-state index >= 15 is 38.4 Å². The number of carbonyl (C=O) groups excluding carboxylic acids is 16. The highest BCUT2D eigenvalue weighted by Crippen LogP contribution is 2.31. The fourth-order valence-corrected chi connectivity index (χ4v) is 17.8. The minimum Gasteiger partial charge on any atom is -0.394 e. The van der Waals surface area contributed by atoms with Gasteiger partial charge in [-0.2, -0.15) is 0 Å². The third kappa shape index (κ3) is 30.1. The lowest BCUT2D eigenvalue weighted by Gasteiger charge is -2.36. The number of aliphatic hydroxyl groups excluding tert-OH is 1. The van der Waals surface area contributed by atoms with Gasteiger partial charge in [-0.1, -0.05) is 120 Å². The second kappa shape index (κ2) is 51.4. The fraction of sp³-hybridized carbons (Fsp3) is 0.516. The van der Waals surface area contributed by atoms with Crippen LogP contribution < -0.4 is 81.0 Å². The predicted molar refractivity (Wildman–Crippen MR) is 510 cm³/mol. The number of hydrogen-bond acceptors (Lipinski definition) is 23. The number of epoxide rings is 1. The molecule has 138 heavy (non-hydrogen) atoms. The van der Waals surface area contributed by atoms with Crippen molar-refractivity contribution in [3.63, 3.8) is 0 Å². The van der Waals surface area contributed by atoms with Crippen LogP contribution in [-0.4, -0.2) is 311 Å². The van der Waals surface area contributed by atoms with Gasteiger partial charge in [-0.15, -0.1) is 11.8 Å². The van der Waals surface area contributed by atoms with E-state index in [1.165, 1.54) is 62.9 Å². The highest BCUT2D eigenvalue weighted by Gasteiger charge is 2.50. The number of aliphatic hydroxyl groups is 1. The fourth-order valence-electron chi connectivity index (χ4n) is 17.0. The minimum atomic E-state index is -1.92. The second-order valence-corrected chi connectivity index (χ2v) is 36.5. The monoisotopic (exact) mass is 1930 g/mol. The van der Waals surface area contributed by atoms with E-state index in [1.54, 1.807) is 73.1 Å². The van der Waals surface area contributed by atoms with Crippen LogP contribution in [0.4, 0.5) is 0 Å². The number of nitrogens with two attached hydrogens (primary N) is 3. The van der Waals surface area contributed by atoms with Gasteiger partial charge in [0.15, 0.2) is 5.96 Å². The number of unbranched alkanes of at least 4 members (excludes halogenated alkanes) is 2. The van der Waals surface area contributed by atoms with Crippen molar-refractivity contribution in [1.82, 2.24) is 113 Å². The van der Waals surface area contributed by atoms with Gasteiger partial charge in [0.2, 0.25) is 94.5 Å². The maximum absolute atomic E-state index is 16.0. The van der Waals surface area contributed by atoms with E-state index in [2.05, 4.69) is 93.7 Å². The van der Waals surface area contributed by atoms with Crippen molar-refractivity contribution < 1.29 is 86.6 Å². The van der Waals surface area contributed by atoms with Crippen molar-refractivity contribution in [2.75, 3.05) is 58.9 Å². The standard InChI is InChI=1S/C93H130N26O18S/c1-9-11-29-72-86(131)108-63(34-51(3)4)78-88(137-78)115-71(80(125)103-45-76(95)122)47-138-48-77(123)106-67(35-53-22-14-13-15-23-53)89(133)116(6)52(5)79(124)112-69(40-75(94)121)91(135)119-33-21-31-73(119)87(132)111-66(39-57-44-99-50-105-57)83(128)110-65(38-56-43-98-49-104-56)84(129)114-70(46-120)85(130)109-64(36-54-41-101-60-26-18-16-24-58(54)60)82(127)107-62(28-20-32-100-93(96)97)81(126)113-68(37-55-42-102-61-27-19-17-25-59(55)61)90(134)118(8)74(30-12-10-2)92(136)117(72)7/h13-19,22-27,41-44,49-52,62-74,78,88,101-102,115,120H,9-12,20-21,28-40,45-48H2,1-8H3,(H2,94,121)(H2,95,122)(H,98,104)(H,99,105)(H,103,125)(H,106,123)(H,107,127)(H,108,131)(H,109,130)(H,110,128)(H,111,132)(H,112,124)(H,113,126)(H,114,129)(H4,96,97,100)/t52-,62-,63-,64-,65-,66-,67-,68-,69-,70-,71-,72-,73-,74-,78?,88?/m0/s1. The first kappa shape index (κ1) is 106. The largest absolute Gasteiger partial charge is 0.394 e. The maximum Gasteiger partial charge on any atom is 0.246 e. The molecule has 746 valence electrons. The molecule has 7 aromatic rings. The molecule has 16 atom stereocenters. The van der Waals surface area contributed by atoms with Gasteiger partial charge in [-0.3, -0.25) is 87.4 Å². The van der Waals surface area contributed by atoms with Gasteiger partial charge in [-0.25, -0.2) is 9.97 Å². The molecule has 4 aromatic heterocycles. The molecular formula is C93H130N26O18S. The first-order valence-electron chi connectivity index (χ1n) is 46.5. The Bertz CT molecular complexity index is 5390. The molecule has 44 nitrogen and oxygen atoms in total. The number of nitrogens with zero attached hydrogens (tertiary/aromatic N) is 6. The zero-order valence-electron chi connectivity index (χ0n) is 78.8. The molecule has 0 bridgehead atoms. The van der Waals surface area contributed by atoms with Crippen molar-refractivity contribution in [1.29, 1.82) is 5.41 Å². The number of H-pyrrole nitrogens is 4. The molecule has 45 heteroatoms. The van der Waals surface area contributed by atoms with Gasteiger partial charge >= 0.3 is 0 Å². The summed E-state index contributed by atoms with van der Waals surface area (Å²) in [6.07, 6.45) is 7.42. The molecule has 0 aliphatic carbocycles. The van der Waals surface area contributed by atoms with Gasteiger partial charge in [0.05, 0.1) is 61.5 Å². The molecule has 0 saturated carbocycles. The summed E-state index contributed by atoms with van der Waals surface area (Å²) in [5.74, 6) is -15.1. The number of likely N-dealkylation sites (N-methyl/N-ethyl adjacent to an activating group) is 3. The number of ether oxygens (including phenoxy) is 1. The van der Waals surface area contributed by atoms with Crippen LogP contribution >= 0.6 is 11.8 Å². The molecule has 16 amide bonds. The molecule has 3 fully saturated rings. The molecule has 3 aromatic carbocycles. The predicted octanol–water partition coefficient (Wildman–Crippen LogP) is -1.95. The summed E-state index contributed by atoms with van der Waals surface area (Å²) in [6.45, 7) is 7.19. The van der Waals surface area contributed by atoms with Gasteiger partial charge in [0, 0.05) is 119 Å².